The van der Waals surface area contributed by atoms with Gasteiger partial charge in [-0.2, -0.15) is 0 Å². The molecule has 0 saturated heterocycles. The van der Waals surface area contributed by atoms with Crippen LogP contribution in [0.1, 0.15) is 297 Å². The maximum atomic E-state index is 13.0. The van der Waals surface area contributed by atoms with Crippen molar-refractivity contribution in [2.45, 2.75) is 303 Å². The molecule has 82 heavy (non-hydrogen) atoms. The van der Waals surface area contributed by atoms with Crippen molar-refractivity contribution in [3.8, 4) is 0 Å². The molecule has 0 amide bonds. The summed E-state index contributed by atoms with van der Waals surface area (Å²) < 4.78 is 16.9. The van der Waals surface area contributed by atoms with E-state index in [-0.39, 0.29) is 37.5 Å². The largest absolute Gasteiger partial charge is 0.462 e. The topological polar surface area (TPSA) is 78.9 Å². The van der Waals surface area contributed by atoms with Crippen LogP contribution in [0.2, 0.25) is 0 Å². The highest BCUT2D eigenvalue weighted by Crippen LogP contribution is 2.17. The summed E-state index contributed by atoms with van der Waals surface area (Å²) in [7, 11) is 0. The zero-order valence-corrected chi connectivity index (χ0v) is 53.2. The van der Waals surface area contributed by atoms with Crippen molar-refractivity contribution in [1.29, 1.82) is 0 Å². The van der Waals surface area contributed by atoms with E-state index in [9.17, 15) is 14.4 Å². The molecule has 0 fully saturated rings. The molecule has 0 N–H and O–H groups in total. The predicted octanol–water partition coefficient (Wildman–Crippen LogP) is 23.5. The van der Waals surface area contributed by atoms with Gasteiger partial charge in [0.1, 0.15) is 13.2 Å². The summed E-state index contributed by atoms with van der Waals surface area (Å²) in [4.78, 5) is 38.4. The van der Waals surface area contributed by atoms with E-state index in [1.54, 1.807) is 0 Å². The van der Waals surface area contributed by atoms with Crippen molar-refractivity contribution in [2.24, 2.45) is 0 Å². The molecule has 1 unspecified atom stereocenters. The van der Waals surface area contributed by atoms with E-state index in [0.717, 1.165) is 128 Å². The van der Waals surface area contributed by atoms with Gasteiger partial charge in [-0.25, -0.2) is 0 Å². The fourth-order valence-electron chi connectivity index (χ4n) is 9.11. The number of carbonyl (C=O) groups is 3. The van der Waals surface area contributed by atoms with E-state index in [4.69, 9.17) is 14.2 Å². The molecule has 0 aromatic heterocycles. The van der Waals surface area contributed by atoms with Gasteiger partial charge in [0.15, 0.2) is 6.10 Å². The van der Waals surface area contributed by atoms with Crippen LogP contribution in [0.25, 0.3) is 0 Å². The molecular formula is C76H124O6. The summed E-state index contributed by atoms with van der Waals surface area (Å²) in [5.41, 5.74) is 0. The minimum Gasteiger partial charge on any atom is -0.462 e. The van der Waals surface area contributed by atoms with Crippen molar-refractivity contribution in [3.63, 3.8) is 0 Å². The first-order chi connectivity index (χ1) is 40.5. The molecule has 0 aromatic carbocycles. The maximum Gasteiger partial charge on any atom is 0.306 e. The molecule has 0 rings (SSSR count). The summed E-state index contributed by atoms with van der Waals surface area (Å²) in [6.45, 7) is 6.36. The van der Waals surface area contributed by atoms with Crippen LogP contribution < -0.4 is 0 Å². The Morgan fingerprint density at radius 3 is 0.793 bits per heavy atom. The maximum absolute atomic E-state index is 13.0. The Balaban J connectivity index is 4.53. The van der Waals surface area contributed by atoms with Gasteiger partial charge in [-0.15, -0.1) is 0 Å². The molecule has 0 aliphatic heterocycles. The summed E-state index contributed by atoms with van der Waals surface area (Å²) >= 11 is 0. The Bertz CT molecular complexity index is 1780. The van der Waals surface area contributed by atoms with E-state index in [1.165, 1.54) is 122 Å². The Morgan fingerprint density at radius 2 is 0.488 bits per heavy atom. The number of ether oxygens (including phenoxy) is 3. The monoisotopic (exact) mass is 1130 g/mol. The van der Waals surface area contributed by atoms with Crippen LogP contribution in [-0.2, 0) is 28.6 Å². The van der Waals surface area contributed by atoms with Gasteiger partial charge in [0, 0.05) is 19.3 Å². The van der Waals surface area contributed by atoms with Crippen LogP contribution in [-0.4, -0.2) is 37.2 Å². The lowest BCUT2D eigenvalue weighted by atomic mass is 10.0. The van der Waals surface area contributed by atoms with Gasteiger partial charge < -0.3 is 14.2 Å². The third kappa shape index (κ3) is 66.1. The first-order valence-corrected chi connectivity index (χ1v) is 33.8. The number of unbranched alkanes of at least 4 members (excludes halogenated alkanes) is 25. The summed E-state index contributed by atoms with van der Waals surface area (Å²) in [6.07, 6.45) is 98.7. The van der Waals surface area contributed by atoms with Crippen LogP contribution in [0.5, 0.6) is 0 Å². The summed E-state index contributed by atoms with van der Waals surface area (Å²) in [5.74, 6) is -1.00. The van der Waals surface area contributed by atoms with Crippen molar-refractivity contribution >= 4 is 17.9 Å². The molecule has 0 spiro atoms. The summed E-state index contributed by atoms with van der Waals surface area (Å²) in [6, 6.07) is 0. The van der Waals surface area contributed by atoms with Crippen LogP contribution in [0, 0.1) is 0 Å². The highest BCUT2D eigenvalue weighted by molar-refractivity contribution is 5.71. The Labute approximate surface area is 506 Å². The molecular weight excluding hydrogens is 1010 g/mol. The smallest absolute Gasteiger partial charge is 0.306 e. The first kappa shape index (κ1) is 77.3. The molecule has 0 radical (unpaired) electrons. The van der Waals surface area contributed by atoms with Crippen molar-refractivity contribution in [1.82, 2.24) is 0 Å². The molecule has 0 bridgehead atoms. The Hall–Kier alpha value is -4.71. The lowest BCUT2D eigenvalue weighted by molar-refractivity contribution is -0.167. The lowest BCUT2D eigenvalue weighted by Gasteiger charge is -2.18. The van der Waals surface area contributed by atoms with Crippen molar-refractivity contribution in [3.05, 3.63) is 146 Å². The minimum absolute atomic E-state index is 0.116. The molecule has 0 heterocycles. The van der Waals surface area contributed by atoms with E-state index in [2.05, 4.69) is 167 Å². The first-order valence-electron chi connectivity index (χ1n) is 33.8. The van der Waals surface area contributed by atoms with Gasteiger partial charge in [0.05, 0.1) is 0 Å². The molecule has 6 heteroatoms. The van der Waals surface area contributed by atoms with E-state index < -0.39 is 6.10 Å². The average Bonchev–Trinajstić information content (AvgIpc) is 3.48. The number of esters is 3. The third-order valence-electron chi connectivity index (χ3n) is 14.1. The van der Waals surface area contributed by atoms with Crippen LogP contribution in [0.3, 0.4) is 0 Å². The highest BCUT2D eigenvalue weighted by atomic mass is 16.6. The highest BCUT2D eigenvalue weighted by Gasteiger charge is 2.19. The number of rotatable bonds is 60. The fourth-order valence-corrected chi connectivity index (χ4v) is 9.11. The Morgan fingerprint density at radius 1 is 0.256 bits per heavy atom. The SMILES string of the molecule is CC/C=C\C/C=C\C/C=C\C/C=C\C/C=C\C/C=C\C/C=C\CCCC(=O)OCC(COC(=O)CCCCC/C=C\C/C=C\C/C=C\C/C=C\C/C=C\CC)OC(=O)CCCCCCCCCCCCCCCCCCCCCCCC. The van der Waals surface area contributed by atoms with E-state index in [0.29, 0.717) is 19.3 Å². The standard InChI is InChI=1S/C76H124O6/c1-4-7-10-13-16-19-22-25-28-31-34-36-38-40-42-45-48-51-54-57-60-63-66-69-75(78)81-72-73(71-80-74(77)68-65-62-59-56-53-50-47-44-41-33-30-27-24-21-18-15-12-9-6-3)82-76(79)70-67-64-61-58-55-52-49-46-43-39-37-35-32-29-26-23-20-17-14-11-8-5-2/h7,9-10,12,16,18-19,21,25,27-28,30,34,36,40-42,44,48,50-51,53,57,60,73H,4-6,8,11,13-15,17,20,22-24,26,29,31-33,35,37-39,43,45-47,49,52,54-56,58-59,61-72H2,1-3H3/b10-7-,12-9-,19-16-,21-18-,28-25-,30-27-,36-34-,42-40-,44-41-,51-48-,53-50-,60-57-. The third-order valence-corrected chi connectivity index (χ3v) is 14.1. The minimum atomic E-state index is -0.822. The number of allylic oxidation sites excluding steroid dienone is 24. The second-order valence-corrected chi connectivity index (χ2v) is 22.0. The van der Waals surface area contributed by atoms with Gasteiger partial charge in [0.25, 0.3) is 0 Å². The molecule has 0 aromatic rings. The number of carbonyl (C=O) groups excluding carboxylic acids is 3. The number of hydrogen-bond acceptors (Lipinski definition) is 6. The number of hydrogen-bond donors (Lipinski definition) is 0. The quantitative estimate of drug-likeness (QED) is 0.0261. The van der Waals surface area contributed by atoms with Gasteiger partial charge in [-0.3, -0.25) is 14.4 Å². The molecule has 464 valence electrons. The molecule has 0 aliphatic rings. The van der Waals surface area contributed by atoms with Crippen LogP contribution in [0.4, 0.5) is 0 Å². The zero-order chi connectivity index (χ0) is 59.2. The molecule has 6 nitrogen and oxygen atoms in total. The van der Waals surface area contributed by atoms with Crippen LogP contribution in [0.15, 0.2) is 146 Å². The molecule has 0 saturated carbocycles. The van der Waals surface area contributed by atoms with Crippen molar-refractivity contribution in [2.75, 3.05) is 13.2 Å². The van der Waals surface area contributed by atoms with Gasteiger partial charge in [-0.1, -0.05) is 308 Å². The average molecular weight is 1130 g/mol. The molecule has 0 aliphatic carbocycles. The van der Waals surface area contributed by atoms with Gasteiger partial charge in [0.2, 0.25) is 0 Å². The second kappa shape index (κ2) is 68.8. The normalized spacial score (nSPS) is 13.1. The lowest BCUT2D eigenvalue weighted by Crippen LogP contribution is -2.30. The summed E-state index contributed by atoms with van der Waals surface area (Å²) in [5, 5.41) is 0. The van der Waals surface area contributed by atoms with Gasteiger partial charge >= 0.3 is 17.9 Å². The van der Waals surface area contributed by atoms with E-state index >= 15 is 0 Å². The zero-order valence-electron chi connectivity index (χ0n) is 53.2. The fraction of sp³-hybridized carbons (Fsp3) is 0.645. The van der Waals surface area contributed by atoms with Gasteiger partial charge in [-0.05, 0) is 116 Å². The second-order valence-electron chi connectivity index (χ2n) is 22.0. The van der Waals surface area contributed by atoms with Crippen molar-refractivity contribution < 1.29 is 28.6 Å². The predicted molar refractivity (Wildman–Crippen MR) is 357 cm³/mol. The van der Waals surface area contributed by atoms with E-state index in [1.807, 2.05) is 0 Å². The molecule has 1 atom stereocenters. The Kier molecular flexibility index (Phi) is 64.8. The van der Waals surface area contributed by atoms with Crippen LogP contribution >= 0.6 is 0 Å².